The topological polar surface area (TPSA) is 43.4 Å². The van der Waals surface area contributed by atoms with E-state index in [0.717, 1.165) is 11.3 Å². The fraction of sp³-hybridized carbons (Fsp3) is 0.267. The van der Waals surface area contributed by atoms with Gasteiger partial charge < -0.3 is 14.8 Å². The normalized spacial score (nSPS) is 10.4. The Morgan fingerprint density at radius 3 is 2.50 bits per heavy atom. The molecule has 0 aliphatic heterocycles. The molecule has 1 aromatic heterocycles. The first kappa shape index (κ1) is 17.0. The van der Waals surface area contributed by atoms with Crippen molar-refractivity contribution in [3.05, 3.63) is 46.2 Å². The van der Waals surface area contributed by atoms with Gasteiger partial charge in [0, 0.05) is 36.3 Å². The van der Waals surface area contributed by atoms with Gasteiger partial charge in [0.2, 0.25) is 0 Å². The van der Waals surface area contributed by atoms with Gasteiger partial charge in [-0.15, -0.1) is 11.6 Å². The first-order chi connectivity index (χ1) is 10.7. The molecule has 0 saturated heterocycles. The largest absolute Gasteiger partial charge is 0.493 e. The molecule has 0 spiro atoms. The van der Waals surface area contributed by atoms with E-state index in [9.17, 15) is 0 Å². The maximum Gasteiger partial charge on any atom is 0.163 e. The van der Waals surface area contributed by atoms with Crippen LogP contribution in [0.4, 0.5) is 5.69 Å². The number of hydrogen-bond donors (Lipinski definition) is 1. The van der Waals surface area contributed by atoms with Crippen molar-refractivity contribution in [2.45, 2.75) is 6.54 Å². The second-order valence-electron chi connectivity index (χ2n) is 4.34. The average Bonchev–Trinajstić information content (AvgIpc) is 2.52. The number of benzene rings is 1. The van der Waals surface area contributed by atoms with Crippen LogP contribution in [0.15, 0.2) is 30.6 Å². The van der Waals surface area contributed by atoms with Gasteiger partial charge in [-0.25, -0.2) is 0 Å². The summed E-state index contributed by atoms with van der Waals surface area (Å²) in [7, 11) is 1.59. The van der Waals surface area contributed by atoms with Gasteiger partial charge in [0.05, 0.1) is 23.0 Å². The van der Waals surface area contributed by atoms with Crippen LogP contribution in [0, 0.1) is 0 Å². The summed E-state index contributed by atoms with van der Waals surface area (Å²) in [6, 6.07) is 5.55. The van der Waals surface area contributed by atoms with E-state index in [4.69, 9.17) is 44.3 Å². The van der Waals surface area contributed by atoms with Crippen LogP contribution >= 0.6 is 34.8 Å². The molecule has 7 heteroatoms. The van der Waals surface area contributed by atoms with E-state index < -0.39 is 0 Å². The molecule has 0 saturated carbocycles. The second-order valence-corrected chi connectivity index (χ2v) is 5.53. The van der Waals surface area contributed by atoms with Crippen LogP contribution in [0.3, 0.4) is 0 Å². The van der Waals surface area contributed by atoms with Crippen LogP contribution in [-0.2, 0) is 6.54 Å². The lowest BCUT2D eigenvalue weighted by Crippen LogP contribution is -2.04. The summed E-state index contributed by atoms with van der Waals surface area (Å²) in [5.41, 5.74) is 1.65. The van der Waals surface area contributed by atoms with Crippen LogP contribution in [-0.4, -0.2) is 24.6 Å². The lowest BCUT2D eigenvalue weighted by Gasteiger charge is -2.13. The minimum Gasteiger partial charge on any atom is -0.493 e. The third-order valence-corrected chi connectivity index (χ3v) is 3.73. The molecule has 0 aliphatic carbocycles. The van der Waals surface area contributed by atoms with Gasteiger partial charge in [-0.3, -0.25) is 4.98 Å². The SMILES string of the molecule is COc1ccc(NCc2c(Cl)cncc2Cl)cc1OCCCl. The van der Waals surface area contributed by atoms with Crippen LogP contribution in [0.1, 0.15) is 5.56 Å². The molecule has 1 aromatic carbocycles. The lowest BCUT2D eigenvalue weighted by molar-refractivity contribution is 0.313. The Labute approximate surface area is 144 Å². The maximum absolute atomic E-state index is 6.10. The second kappa shape index (κ2) is 8.32. The number of pyridine rings is 1. The molecule has 0 bridgehead atoms. The Balaban J connectivity index is 2.12. The van der Waals surface area contributed by atoms with Crippen molar-refractivity contribution >= 4 is 40.5 Å². The Morgan fingerprint density at radius 2 is 1.86 bits per heavy atom. The van der Waals surface area contributed by atoms with Crippen molar-refractivity contribution in [1.82, 2.24) is 4.98 Å². The third kappa shape index (κ3) is 4.32. The molecule has 0 radical (unpaired) electrons. The van der Waals surface area contributed by atoms with E-state index in [-0.39, 0.29) is 0 Å². The number of hydrogen-bond acceptors (Lipinski definition) is 4. The number of aromatic nitrogens is 1. The minimum absolute atomic E-state index is 0.406. The summed E-state index contributed by atoms with van der Waals surface area (Å²) in [6.07, 6.45) is 3.13. The number of ether oxygens (including phenoxy) is 2. The Kier molecular flexibility index (Phi) is 6.43. The standard InChI is InChI=1S/C15H15Cl3N2O2/c1-21-14-3-2-10(6-15(14)22-5-4-16)20-7-11-12(17)8-19-9-13(11)18/h2-3,6,8-9,20H,4-5,7H2,1H3. The number of nitrogens with zero attached hydrogens (tertiary/aromatic N) is 1. The van der Waals surface area contributed by atoms with Crippen LogP contribution in [0.2, 0.25) is 10.0 Å². The first-order valence-corrected chi connectivity index (χ1v) is 7.83. The van der Waals surface area contributed by atoms with Crippen molar-refractivity contribution in [3.8, 4) is 11.5 Å². The van der Waals surface area contributed by atoms with E-state index in [0.29, 0.717) is 40.6 Å². The van der Waals surface area contributed by atoms with E-state index in [1.807, 2.05) is 18.2 Å². The Hall–Kier alpha value is -1.36. The van der Waals surface area contributed by atoms with Gasteiger partial charge in [0.15, 0.2) is 11.5 Å². The fourth-order valence-corrected chi connectivity index (χ4v) is 2.42. The molecule has 1 heterocycles. The highest BCUT2D eigenvalue weighted by atomic mass is 35.5. The minimum atomic E-state index is 0.406. The molecule has 0 atom stereocenters. The number of anilines is 1. The summed E-state index contributed by atoms with van der Waals surface area (Å²) in [5, 5.41) is 4.29. The van der Waals surface area contributed by atoms with Gasteiger partial charge in [-0.1, -0.05) is 23.2 Å². The van der Waals surface area contributed by atoms with Crippen molar-refractivity contribution < 1.29 is 9.47 Å². The van der Waals surface area contributed by atoms with Crippen molar-refractivity contribution in [3.63, 3.8) is 0 Å². The third-order valence-electron chi connectivity index (χ3n) is 2.92. The average molecular weight is 362 g/mol. The van der Waals surface area contributed by atoms with Gasteiger partial charge >= 0.3 is 0 Å². The molecule has 2 aromatic rings. The van der Waals surface area contributed by atoms with Gasteiger partial charge in [-0.05, 0) is 12.1 Å². The molecule has 0 aliphatic rings. The molecule has 0 amide bonds. The highest BCUT2D eigenvalue weighted by Gasteiger charge is 2.08. The van der Waals surface area contributed by atoms with Crippen LogP contribution < -0.4 is 14.8 Å². The molecule has 1 N–H and O–H groups in total. The van der Waals surface area contributed by atoms with E-state index >= 15 is 0 Å². The molecule has 2 rings (SSSR count). The highest BCUT2D eigenvalue weighted by molar-refractivity contribution is 6.35. The number of nitrogens with one attached hydrogen (secondary N) is 1. The van der Waals surface area contributed by atoms with Gasteiger partial charge in [0.25, 0.3) is 0 Å². The predicted octanol–water partition coefficient (Wildman–Crippen LogP) is 4.63. The number of methoxy groups -OCH3 is 1. The Bertz CT molecular complexity index is 618. The first-order valence-electron chi connectivity index (χ1n) is 6.54. The number of alkyl halides is 1. The maximum atomic E-state index is 6.10. The molecular formula is C15H15Cl3N2O2. The van der Waals surface area contributed by atoms with E-state index in [2.05, 4.69) is 10.3 Å². The summed E-state index contributed by atoms with van der Waals surface area (Å²) in [4.78, 5) is 3.93. The summed E-state index contributed by atoms with van der Waals surface area (Å²) < 4.78 is 10.8. The highest BCUT2D eigenvalue weighted by Crippen LogP contribution is 2.31. The smallest absolute Gasteiger partial charge is 0.163 e. The Morgan fingerprint density at radius 1 is 1.14 bits per heavy atom. The monoisotopic (exact) mass is 360 g/mol. The van der Waals surface area contributed by atoms with E-state index in [1.54, 1.807) is 19.5 Å². The number of halogens is 3. The van der Waals surface area contributed by atoms with Crippen LogP contribution in [0.25, 0.3) is 0 Å². The van der Waals surface area contributed by atoms with Crippen molar-refractivity contribution in [2.75, 3.05) is 24.9 Å². The van der Waals surface area contributed by atoms with Crippen molar-refractivity contribution in [2.24, 2.45) is 0 Å². The molecule has 0 fully saturated rings. The van der Waals surface area contributed by atoms with E-state index in [1.165, 1.54) is 0 Å². The molecule has 22 heavy (non-hydrogen) atoms. The zero-order valence-electron chi connectivity index (χ0n) is 11.9. The van der Waals surface area contributed by atoms with Crippen LogP contribution in [0.5, 0.6) is 11.5 Å². The summed E-state index contributed by atoms with van der Waals surface area (Å²) >= 11 is 17.8. The zero-order chi connectivity index (χ0) is 15.9. The van der Waals surface area contributed by atoms with Crippen molar-refractivity contribution in [1.29, 1.82) is 0 Å². The fourth-order valence-electron chi connectivity index (χ4n) is 1.85. The zero-order valence-corrected chi connectivity index (χ0v) is 14.2. The summed E-state index contributed by atoms with van der Waals surface area (Å²) in [5.74, 6) is 1.68. The van der Waals surface area contributed by atoms with Gasteiger partial charge in [-0.2, -0.15) is 0 Å². The summed E-state index contributed by atoms with van der Waals surface area (Å²) in [6.45, 7) is 0.880. The lowest BCUT2D eigenvalue weighted by atomic mass is 10.2. The van der Waals surface area contributed by atoms with Gasteiger partial charge in [0.1, 0.15) is 6.61 Å². The number of rotatable bonds is 7. The quantitative estimate of drug-likeness (QED) is 0.730. The molecule has 4 nitrogen and oxygen atoms in total. The molecule has 0 unspecified atom stereocenters. The molecule has 118 valence electrons. The molecular weight excluding hydrogens is 347 g/mol. The predicted molar refractivity (Wildman–Crippen MR) is 90.8 cm³/mol.